The first kappa shape index (κ1) is 18.0. The average molecular weight is 305 g/mol. The SMILES string of the molecule is CCCCN(CCCC)C(=O)C(=O)Nc1ccc(C)cc1N. The number of anilines is 2. The summed E-state index contributed by atoms with van der Waals surface area (Å²) >= 11 is 0. The lowest BCUT2D eigenvalue weighted by Gasteiger charge is -2.22. The van der Waals surface area contributed by atoms with Gasteiger partial charge in [-0.2, -0.15) is 0 Å². The Morgan fingerprint density at radius 1 is 1.14 bits per heavy atom. The maximum atomic E-state index is 12.3. The summed E-state index contributed by atoms with van der Waals surface area (Å²) < 4.78 is 0. The zero-order valence-corrected chi connectivity index (χ0v) is 13.8. The number of amides is 2. The topological polar surface area (TPSA) is 75.4 Å². The molecule has 0 aliphatic carbocycles. The third kappa shape index (κ3) is 5.39. The number of nitrogens with zero attached hydrogens (tertiary/aromatic N) is 1. The molecular weight excluding hydrogens is 278 g/mol. The molecule has 0 atom stereocenters. The number of nitrogens with two attached hydrogens (primary N) is 1. The first-order valence-corrected chi connectivity index (χ1v) is 7.96. The average Bonchev–Trinajstić information content (AvgIpc) is 2.49. The number of unbranched alkanes of at least 4 members (excludes halogenated alkanes) is 2. The van der Waals surface area contributed by atoms with Crippen molar-refractivity contribution in [1.82, 2.24) is 4.90 Å². The Morgan fingerprint density at radius 3 is 2.23 bits per heavy atom. The molecule has 0 unspecified atom stereocenters. The van der Waals surface area contributed by atoms with Gasteiger partial charge in [-0.25, -0.2) is 0 Å². The summed E-state index contributed by atoms with van der Waals surface area (Å²) in [4.78, 5) is 26.1. The second-order valence-electron chi connectivity index (χ2n) is 5.54. The van der Waals surface area contributed by atoms with Gasteiger partial charge in [0.2, 0.25) is 0 Å². The standard InChI is InChI=1S/C17H27N3O2/c1-4-6-10-20(11-7-5-2)17(22)16(21)19-15-9-8-13(3)12-14(15)18/h8-9,12H,4-7,10-11,18H2,1-3H3,(H,19,21). The van der Waals surface area contributed by atoms with Crippen molar-refractivity contribution in [1.29, 1.82) is 0 Å². The zero-order chi connectivity index (χ0) is 16.5. The van der Waals surface area contributed by atoms with E-state index in [-0.39, 0.29) is 0 Å². The fraction of sp³-hybridized carbons (Fsp3) is 0.529. The van der Waals surface area contributed by atoms with Crippen LogP contribution in [0.25, 0.3) is 0 Å². The lowest BCUT2D eigenvalue weighted by Crippen LogP contribution is -2.41. The molecule has 0 spiro atoms. The third-order valence-electron chi connectivity index (χ3n) is 3.50. The minimum absolute atomic E-state index is 0.467. The van der Waals surface area contributed by atoms with Crippen LogP contribution in [0.3, 0.4) is 0 Å². The zero-order valence-electron chi connectivity index (χ0n) is 13.8. The molecule has 0 heterocycles. The van der Waals surface area contributed by atoms with Gasteiger partial charge in [-0.3, -0.25) is 9.59 Å². The maximum Gasteiger partial charge on any atom is 0.313 e. The Labute approximate surface area is 132 Å². The monoisotopic (exact) mass is 305 g/mol. The fourth-order valence-electron chi connectivity index (χ4n) is 2.13. The smallest absolute Gasteiger partial charge is 0.313 e. The molecule has 1 aromatic carbocycles. The number of carbonyl (C=O) groups excluding carboxylic acids is 2. The van der Waals surface area contributed by atoms with Crippen LogP contribution >= 0.6 is 0 Å². The first-order chi connectivity index (χ1) is 10.5. The van der Waals surface area contributed by atoms with E-state index >= 15 is 0 Å². The van der Waals surface area contributed by atoms with Gasteiger partial charge < -0.3 is 16.0 Å². The molecule has 1 aromatic rings. The fourth-order valence-corrected chi connectivity index (χ4v) is 2.13. The summed E-state index contributed by atoms with van der Waals surface area (Å²) in [5.41, 5.74) is 7.82. The summed E-state index contributed by atoms with van der Waals surface area (Å²) in [5.74, 6) is -1.11. The molecule has 3 N–H and O–H groups in total. The van der Waals surface area contributed by atoms with Gasteiger partial charge in [-0.05, 0) is 37.5 Å². The van der Waals surface area contributed by atoms with Crippen molar-refractivity contribution in [2.24, 2.45) is 0 Å². The van der Waals surface area contributed by atoms with Gasteiger partial charge in [0.05, 0.1) is 11.4 Å². The van der Waals surface area contributed by atoms with Gasteiger partial charge in [0, 0.05) is 13.1 Å². The van der Waals surface area contributed by atoms with Gasteiger partial charge in [0.15, 0.2) is 0 Å². The first-order valence-electron chi connectivity index (χ1n) is 7.96. The quantitative estimate of drug-likeness (QED) is 0.600. The number of nitrogens with one attached hydrogen (secondary N) is 1. The second-order valence-corrected chi connectivity index (χ2v) is 5.54. The van der Waals surface area contributed by atoms with Crippen molar-refractivity contribution in [3.63, 3.8) is 0 Å². The van der Waals surface area contributed by atoms with E-state index in [1.807, 2.05) is 13.0 Å². The number of rotatable bonds is 7. The maximum absolute atomic E-state index is 12.3. The van der Waals surface area contributed by atoms with E-state index in [0.717, 1.165) is 31.2 Å². The Bertz CT molecular complexity index is 507. The van der Waals surface area contributed by atoms with Crippen molar-refractivity contribution in [3.8, 4) is 0 Å². The minimum atomic E-state index is -0.622. The molecule has 0 aromatic heterocycles. The Balaban J connectivity index is 2.73. The van der Waals surface area contributed by atoms with Crippen LogP contribution in [0.4, 0.5) is 11.4 Å². The molecule has 0 fully saturated rings. The molecule has 5 heteroatoms. The molecular formula is C17H27N3O2. The van der Waals surface area contributed by atoms with Crippen LogP contribution in [0, 0.1) is 6.92 Å². The summed E-state index contributed by atoms with van der Waals surface area (Å²) in [6, 6.07) is 5.34. The van der Waals surface area contributed by atoms with E-state index in [4.69, 9.17) is 5.73 Å². The van der Waals surface area contributed by atoms with Crippen LogP contribution in [-0.2, 0) is 9.59 Å². The van der Waals surface area contributed by atoms with Gasteiger partial charge in [0.1, 0.15) is 0 Å². The van der Waals surface area contributed by atoms with Gasteiger partial charge in [-0.1, -0.05) is 32.8 Å². The summed E-state index contributed by atoms with van der Waals surface area (Å²) in [7, 11) is 0. The Hall–Kier alpha value is -2.04. The van der Waals surface area contributed by atoms with Gasteiger partial charge in [0.25, 0.3) is 0 Å². The van der Waals surface area contributed by atoms with Crippen LogP contribution < -0.4 is 11.1 Å². The van der Waals surface area contributed by atoms with Crippen LogP contribution in [0.15, 0.2) is 18.2 Å². The van der Waals surface area contributed by atoms with Crippen molar-refractivity contribution < 1.29 is 9.59 Å². The normalized spacial score (nSPS) is 10.3. The molecule has 122 valence electrons. The predicted octanol–water partition coefficient (Wildman–Crippen LogP) is 2.94. The molecule has 5 nitrogen and oxygen atoms in total. The van der Waals surface area contributed by atoms with Gasteiger partial charge in [-0.15, -0.1) is 0 Å². The molecule has 0 saturated carbocycles. The van der Waals surface area contributed by atoms with E-state index in [1.54, 1.807) is 17.0 Å². The Kier molecular flexibility index (Phi) is 7.43. The van der Waals surface area contributed by atoms with E-state index in [2.05, 4.69) is 19.2 Å². The van der Waals surface area contributed by atoms with E-state index in [1.165, 1.54) is 0 Å². The highest BCUT2D eigenvalue weighted by molar-refractivity contribution is 6.39. The van der Waals surface area contributed by atoms with Crippen LogP contribution in [0.2, 0.25) is 0 Å². The highest BCUT2D eigenvalue weighted by Crippen LogP contribution is 2.19. The van der Waals surface area contributed by atoms with Crippen molar-refractivity contribution in [2.45, 2.75) is 46.5 Å². The lowest BCUT2D eigenvalue weighted by atomic mass is 10.2. The molecule has 22 heavy (non-hydrogen) atoms. The van der Waals surface area contributed by atoms with Crippen molar-refractivity contribution >= 4 is 23.2 Å². The second kappa shape index (κ2) is 9.07. The highest BCUT2D eigenvalue weighted by atomic mass is 16.2. The van der Waals surface area contributed by atoms with Crippen LogP contribution in [0.1, 0.15) is 45.1 Å². The predicted molar refractivity (Wildman–Crippen MR) is 90.6 cm³/mol. The summed E-state index contributed by atoms with van der Waals surface area (Å²) in [5, 5.41) is 2.62. The number of benzene rings is 1. The summed E-state index contributed by atoms with van der Waals surface area (Å²) in [6.45, 7) is 7.29. The third-order valence-corrected chi connectivity index (χ3v) is 3.50. The summed E-state index contributed by atoms with van der Waals surface area (Å²) in [6.07, 6.45) is 3.77. The molecule has 2 amide bonds. The highest BCUT2D eigenvalue weighted by Gasteiger charge is 2.21. The largest absolute Gasteiger partial charge is 0.397 e. The molecule has 0 saturated heterocycles. The van der Waals surface area contributed by atoms with Crippen molar-refractivity contribution in [2.75, 3.05) is 24.1 Å². The van der Waals surface area contributed by atoms with Crippen LogP contribution in [0.5, 0.6) is 0 Å². The van der Waals surface area contributed by atoms with Crippen LogP contribution in [-0.4, -0.2) is 29.8 Å². The molecule has 0 radical (unpaired) electrons. The molecule has 0 aliphatic rings. The van der Waals surface area contributed by atoms with Gasteiger partial charge >= 0.3 is 11.8 Å². The molecule has 0 aliphatic heterocycles. The minimum Gasteiger partial charge on any atom is -0.397 e. The number of hydrogen-bond acceptors (Lipinski definition) is 3. The lowest BCUT2D eigenvalue weighted by molar-refractivity contribution is -0.143. The number of carbonyl (C=O) groups is 2. The Morgan fingerprint density at radius 2 is 1.73 bits per heavy atom. The number of aryl methyl sites for hydroxylation is 1. The van der Waals surface area contributed by atoms with E-state index in [9.17, 15) is 9.59 Å². The van der Waals surface area contributed by atoms with E-state index < -0.39 is 11.8 Å². The van der Waals surface area contributed by atoms with E-state index in [0.29, 0.717) is 24.5 Å². The van der Waals surface area contributed by atoms with Crippen molar-refractivity contribution in [3.05, 3.63) is 23.8 Å². The molecule has 0 bridgehead atoms. The number of nitrogen functional groups attached to an aromatic ring is 1. The molecule has 1 rings (SSSR count). The number of hydrogen-bond donors (Lipinski definition) is 2.